The van der Waals surface area contributed by atoms with Gasteiger partial charge in [-0.2, -0.15) is 0 Å². The van der Waals surface area contributed by atoms with Crippen LogP contribution in [0.3, 0.4) is 0 Å². The second-order valence-electron chi connectivity index (χ2n) is 0.659. The fourth-order valence-electron chi connectivity index (χ4n) is 0.0773. The number of carbonyl (C=O) groups excluding carboxylic acids is 1. The second kappa shape index (κ2) is 2.99. The summed E-state index contributed by atoms with van der Waals surface area (Å²) >= 11 is 0. The van der Waals surface area contributed by atoms with Crippen LogP contribution in [0.4, 0.5) is 4.79 Å². The number of hydrogen-bond donors (Lipinski definition) is 0. The van der Waals surface area contributed by atoms with E-state index in [1.54, 1.807) is 0 Å². The third kappa shape index (κ3) is 2.59. The zero-order valence-corrected chi connectivity index (χ0v) is 3.66. The SMILES string of the molecule is COC(=O)N=[N+]=[N-]. The summed E-state index contributed by atoms with van der Waals surface area (Å²) in [5.74, 6) is 0. The molecule has 0 aliphatic carbocycles. The molecule has 0 fully saturated rings. The highest BCUT2D eigenvalue weighted by Crippen LogP contribution is 1.76. The molecule has 0 aliphatic rings. The van der Waals surface area contributed by atoms with E-state index in [-0.39, 0.29) is 0 Å². The van der Waals surface area contributed by atoms with Gasteiger partial charge in [0.15, 0.2) is 0 Å². The maximum atomic E-state index is 9.77. The Morgan fingerprint density at radius 2 is 2.57 bits per heavy atom. The smallest absolute Gasteiger partial charge is 0.396 e. The van der Waals surface area contributed by atoms with Crippen LogP contribution < -0.4 is 0 Å². The van der Waals surface area contributed by atoms with E-state index < -0.39 is 6.09 Å². The number of carbonyl (C=O) groups is 1. The maximum absolute atomic E-state index is 9.77. The molecule has 7 heavy (non-hydrogen) atoms. The Kier molecular flexibility index (Phi) is 2.47. The van der Waals surface area contributed by atoms with Crippen LogP contribution in [0.15, 0.2) is 5.11 Å². The van der Waals surface area contributed by atoms with Crippen molar-refractivity contribution < 1.29 is 9.53 Å². The molecule has 0 radical (unpaired) electrons. The minimum Gasteiger partial charge on any atom is -0.464 e. The van der Waals surface area contributed by atoms with E-state index in [0.29, 0.717) is 0 Å². The summed E-state index contributed by atoms with van der Waals surface area (Å²) in [7, 11) is 1.14. The molecule has 5 nitrogen and oxygen atoms in total. The molecule has 0 spiro atoms. The van der Waals surface area contributed by atoms with Crippen LogP contribution in [0, 0.1) is 0 Å². The molecule has 0 unspecified atom stereocenters. The van der Waals surface area contributed by atoms with Gasteiger partial charge < -0.3 is 4.74 Å². The zero-order valence-electron chi connectivity index (χ0n) is 3.66. The first-order valence-electron chi connectivity index (χ1n) is 1.44. The minimum absolute atomic E-state index is 0.914. The summed E-state index contributed by atoms with van der Waals surface area (Å²) in [6, 6.07) is 0. The van der Waals surface area contributed by atoms with E-state index in [0.717, 1.165) is 7.11 Å². The summed E-state index contributed by atoms with van der Waals surface area (Å²) in [5.41, 5.74) is 7.53. The molecule has 38 valence electrons. The number of ether oxygens (including phenoxy) is 1. The number of hydrogen-bond acceptors (Lipinski definition) is 2. The lowest BCUT2D eigenvalue weighted by atomic mass is 11.2. The number of azide groups is 1. The Balaban J connectivity index is 3.58. The Morgan fingerprint density at radius 3 is 2.71 bits per heavy atom. The predicted molar refractivity (Wildman–Crippen MR) is 21.6 cm³/mol. The fourth-order valence-corrected chi connectivity index (χ4v) is 0.0773. The van der Waals surface area contributed by atoms with Crippen LogP contribution in [0.2, 0.25) is 0 Å². The van der Waals surface area contributed by atoms with Crippen molar-refractivity contribution in [1.29, 1.82) is 0 Å². The summed E-state index contributed by atoms with van der Waals surface area (Å²) < 4.78 is 3.93. The van der Waals surface area contributed by atoms with E-state index >= 15 is 0 Å². The van der Waals surface area contributed by atoms with E-state index in [4.69, 9.17) is 5.53 Å². The van der Waals surface area contributed by atoms with Crippen molar-refractivity contribution in [2.75, 3.05) is 7.11 Å². The molecule has 0 aliphatic heterocycles. The van der Waals surface area contributed by atoms with Gasteiger partial charge in [0.25, 0.3) is 0 Å². The molecule has 0 aromatic rings. The molecule has 0 N–H and O–H groups in total. The van der Waals surface area contributed by atoms with Crippen LogP contribution >= 0.6 is 0 Å². The molecule has 5 heteroatoms. The lowest BCUT2D eigenvalue weighted by Crippen LogP contribution is -1.87. The predicted octanol–water partition coefficient (Wildman–Crippen LogP) is 1.06. The molecular weight excluding hydrogens is 98.0 g/mol. The van der Waals surface area contributed by atoms with Gasteiger partial charge in [-0.3, -0.25) is 0 Å². The van der Waals surface area contributed by atoms with Crippen molar-refractivity contribution in [1.82, 2.24) is 0 Å². The standard InChI is InChI=1S/C2H3N3O2/c1-7-2(6)4-5-3/h1H3. The van der Waals surface area contributed by atoms with Crippen LogP contribution in [0.1, 0.15) is 0 Å². The molecule has 0 atom stereocenters. The molecule has 0 aromatic carbocycles. The Morgan fingerprint density at radius 1 is 2.00 bits per heavy atom. The van der Waals surface area contributed by atoms with E-state index in [1.807, 2.05) is 0 Å². The zero-order chi connectivity index (χ0) is 5.70. The highest BCUT2D eigenvalue weighted by molar-refractivity contribution is 5.67. The lowest BCUT2D eigenvalue weighted by molar-refractivity contribution is 0.182. The lowest BCUT2D eigenvalue weighted by Gasteiger charge is -1.81. The average Bonchev–Trinajstić information content (AvgIpc) is 1.68. The number of rotatable bonds is 0. The molecule has 0 saturated carbocycles. The number of methoxy groups -OCH3 is 1. The largest absolute Gasteiger partial charge is 0.464 e. The first-order valence-corrected chi connectivity index (χ1v) is 1.44. The van der Waals surface area contributed by atoms with Crippen LogP contribution in [-0.4, -0.2) is 13.2 Å². The van der Waals surface area contributed by atoms with Gasteiger partial charge in [0, 0.05) is 10.0 Å². The van der Waals surface area contributed by atoms with Crippen molar-refractivity contribution in [3.63, 3.8) is 0 Å². The first-order chi connectivity index (χ1) is 3.31. The molecule has 0 heterocycles. The molecule has 0 aromatic heterocycles. The normalized spacial score (nSPS) is 6.43. The van der Waals surface area contributed by atoms with Gasteiger partial charge in [0.05, 0.1) is 7.11 Å². The Hall–Kier alpha value is -1.22. The third-order valence-electron chi connectivity index (χ3n) is 0.301. The molecule has 1 amide bonds. The second-order valence-corrected chi connectivity index (χ2v) is 0.659. The van der Waals surface area contributed by atoms with E-state index in [9.17, 15) is 4.79 Å². The average molecular weight is 101 g/mol. The van der Waals surface area contributed by atoms with Gasteiger partial charge in [0.1, 0.15) is 0 Å². The summed E-state index contributed by atoms with van der Waals surface area (Å²) in [6.45, 7) is 0. The van der Waals surface area contributed by atoms with Crippen molar-refractivity contribution >= 4 is 6.09 Å². The van der Waals surface area contributed by atoms with Gasteiger partial charge in [-0.15, -0.1) is 0 Å². The quantitative estimate of drug-likeness (QED) is 0.260. The highest BCUT2D eigenvalue weighted by Gasteiger charge is 1.86. The maximum Gasteiger partial charge on any atom is 0.396 e. The highest BCUT2D eigenvalue weighted by atomic mass is 16.5. The van der Waals surface area contributed by atoms with Crippen LogP contribution in [0.5, 0.6) is 0 Å². The molecular formula is C2H3N3O2. The summed E-state index contributed by atoms with van der Waals surface area (Å²) in [6.07, 6.45) is -0.914. The van der Waals surface area contributed by atoms with Gasteiger partial charge in [0.2, 0.25) is 0 Å². The van der Waals surface area contributed by atoms with E-state index in [2.05, 4.69) is 14.8 Å². The topological polar surface area (TPSA) is 75.1 Å². The van der Waals surface area contributed by atoms with Crippen LogP contribution in [0.25, 0.3) is 10.4 Å². The molecule has 0 bridgehead atoms. The van der Waals surface area contributed by atoms with E-state index in [1.165, 1.54) is 0 Å². The summed E-state index contributed by atoms with van der Waals surface area (Å²) in [4.78, 5) is 11.9. The Bertz CT molecular complexity index is 114. The fraction of sp³-hybridized carbons (Fsp3) is 0.500. The van der Waals surface area contributed by atoms with Crippen molar-refractivity contribution in [2.24, 2.45) is 5.11 Å². The van der Waals surface area contributed by atoms with Crippen molar-refractivity contribution in [3.05, 3.63) is 10.4 Å². The third-order valence-corrected chi connectivity index (χ3v) is 0.301. The van der Waals surface area contributed by atoms with Gasteiger partial charge in [-0.05, 0) is 5.53 Å². The van der Waals surface area contributed by atoms with Gasteiger partial charge in [-0.25, -0.2) is 4.79 Å². The monoisotopic (exact) mass is 101 g/mol. The van der Waals surface area contributed by atoms with Crippen molar-refractivity contribution in [3.8, 4) is 0 Å². The van der Waals surface area contributed by atoms with Gasteiger partial charge in [-0.1, -0.05) is 0 Å². The Labute approximate surface area is 39.5 Å². The minimum atomic E-state index is -0.914. The van der Waals surface area contributed by atoms with Crippen LogP contribution in [-0.2, 0) is 4.74 Å². The van der Waals surface area contributed by atoms with Gasteiger partial charge >= 0.3 is 6.09 Å². The number of amides is 1. The van der Waals surface area contributed by atoms with Crippen molar-refractivity contribution in [2.45, 2.75) is 0 Å². The summed E-state index contributed by atoms with van der Waals surface area (Å²) in [5, 5.41) is 2.56. The first kappa shape index (κ1) is 5.78. The number of nitrogens with zero attached hydrogens (tertiary/aromatic N) is 3. The molecule has 0 saturated heterocycles. The molecule has 0 rings (SSSR count).